The van der Waals surface area contributed by atoms with Crippen LogP contribution in [0, 0.1) is 12.8 Å². The van der Waals surface area contributed by atoms with E-state index in [1.54, 1.807) is 31.2 Å². The van der Waals surface area contributed by atoms with Crippen LogP contribution >= 0.6 is 0 Å². The summed E-state index contributed by atoms with van der Waals surface area (Å²) in [6.07, 6.45) is 1.31. The van der Waals surface area contributed by atoms with Crippen molar-refractivity contribution in [1.82, 2.24) is 9.21 Å². The highest BCUT2D eigenvalue weighted by atomic mass is 32.2. The van der Waals surface area contributed by atoms with E-state index in [2.05, 4.69) is 0 Å². The smallest absolute Gasteiger partial charge is 0.246 e. The van der Waals surface area contributed by atoms with Crippen molar-refractivity contribution >= 4 is 15.9 Å². The van der Waals surface area contributed by atoms with Gasteiger partial charge in [0.15, 0.2) is 0 Å². The van der Waals surface area contributed by atoms with Gasteiger partial charge in [0.2, 0.25) is 15.9 Å². The van der Waals surface area contributed by atoms with Crippen LogP contribution in [0.4, 0.5) is 0 Å². The van der Waals surface area contributed by atoms with Gasteiger partial charge in [0.05, 0.1) is 20.1 Å². The van der Waals surface area contributed by atoms with Crippen LogP contribution in [-0.4, -0.2) is 57.9 Å². The fourth-order valence-corrected chi connectivity index (χ4v) is 5.65. The number of ether oxygens (including phenoxy) is 2. The van der Waals surface area contributed by atoms with Crippen LogP contribution in [0.5, 0.6) is 11.5 Å². The Kier molecular flexibility index (Phi) is 7.23. The molecule has 3 rings (SSSR count). The van der Waals surface area contributed by atoms with Gasteiger partial charge in [-0.05, 0) is 55.2 Å². The van der Waals surface area contributed by atoms with E-state index in [1.165, 1.54) is 11.4 Å². The average molecular weight is 447 g/mol. The van der Waals surface area contributed by atoms with E-state index < -0.39 is 10.0 Å². The van der Waals surface area contributed by atoms with Crippen molar-refractivity contribution in [3.8, 4) is 11.5 Å². The van der Waals surface area contributed by atoms with Crippen LogP contribution < -0.4 is 9.47 Å². The number of benzene rings is 2. The number of methoxy groups -OCH3 is 2. The molecule has 0 N–H and O–H groups in total. The topological polar surface area (TPSA) is 76.2 Å². The molecule has 1 aliphatic heterocycles. The molecule has 0 spiro atoms. The maximum atomic E-state index is 13.3. The molecule has 1 heterocycles. The first-order valence-electron chi connectivity index (χ1n) is 10.3. The summed E-state index contributed by atoms with van der Waals surface area (Å²) < 4.78 is 38.5. The molecule has 8 heteroatoms. The van der Waals surface area contributed by atoms with Crippen LogP contribution in [0.2, 0.25) is 0 Å². The molecule has 31 heavy (non-hydrogen) atoms. The van der Waals surface area contributed by atoms with Crippen molar-refractivity contribution in [2.75, 3.05) is 34.4 Å². The van der Waals surface area contributed by atoms with Crippen molar-refractivity contribution in [2.24, 2.45) is 5.92 Å². The fraction of sp³-hybridized carbons (Fsp3) is 0.435. The van der Waals surface area contributed by atoms with Crippen molar-refractivity contribution in [3.05, 3.63) is 53.6 Å². The molecule has 0 aromatic heterocycles. The number of hydrogen-bond acceptors (Lipinski definition) is 5. The Morgan fingerprint density at radius 3 is 2.48 bits per heavy atom. The van der Waals surface area contributed by atoms with Gasteiger partial charge in [-0.3, -0.25) is 4.79 Å². The number of hydrogen-bond donors (Lipinski definition) is 0. The van der Waals surface area contributed by atoms with Crippen molar-refractivity contribution in [2.45, 2.75) is 31.2 Å². The Hall–Kier alpha value is -2.58. The van der Waals surface area contributed by atoms with Gasteiger partial charge in [0, 0.05) is 26.7 Å². The van der Waals surface area contributed by atoms with Gasteiger partial charge < -0.3 is 14.4 Å². The van der Waals surface area contributed by atoms with E-state index in [1.807, 2.05) is 37.3 Å². The lowest BCUT2D eigenvalue weighted by Gasteiger charge is -2.33. The summed E-state index contributed by atoms with van der Waals surface area (Å²) in [5.74, 6) is 0.655. The number of piperidine rings is 1. The molecule has 1 fully saturated rings. The van der Waals surface area contributed by atoms with Crippen LogP contribution in [-0.2, 0) is 21.4 Å². The van der Waals surface area contributed by atoms with Gasteiger partial charge in [-0.1, -0.05) is 18.2 Å². The Labute approximate surface area is 184 Å². The van der Waals surface area contributed by atoms with Gasteiger partial charge in [-0.15, -0.1) is 0 Å². The lowest BCUT2D eigenvalue weighted by molar-refractivity contribution is -0.135. The van der Waals surface area contributed by atoms with Gasteiger partial charge in [0.25, 0.3) is 0 Å². The maximum absolute atomic E-state index is 13.3. The molecule has 7 nitrogen and oxygen atoms in total. The zero-order chi connectivity index (χ0) is 22.6. The minimum absolute atomic E-state index is 0.0491. The summed E-state index contributed by atoms with van der Waals surface area (Å²) >= 11 is 0. The Balaban J connectivity index is 1.73. The monoisotopic (exact) mass is 446 g/mol. The first kappa shape index (κ1) is 23.1. The Morgan fingerprint density at radius 2 is 1.84 bits per heavy atom. The second-order valence-corrected chi connectivity index (χ2v) is 9.81. The van der Waals surface area contributed by atoms with E-state index in [9.17, 15) is 13.2 Å². The van der Waals surface area contributed by atoms with E-state index >= 15 is 0 Å². The number of amides is 1. The third-order valence-electron chi connectivity index (χ3n) is 5.63. The van der Waals surface area contributed by atoms with E-state index in [4.69, 9.17) is 9.47 Å². The molecule has 1 aliphatic rings. The second-order valence-electron chi connectivity index (χ2n) is 7.90. The number of nitrogens with zero attached hydrogens (tertiary/aromatic N) is 2. The summed E-state index contributed by atoms with van der Waals surface area (Å²) in [6.45, 7) is 2.86. The lowest BCUT2D eigenvalue weighted by Crippen LogP contribution is -2.45. The van der Waals surface area contributed by atoms with Crippen LogP contribution in [0.25, 0.3) is 0 Å². The molecule has 0 aliphatic carbocycles. The number of sulfonamides is 1. The predicted molar refractivity (Wildman–Crippen MR) is 119 cm³/mol. The third-order valence-corrected chi connectivity index (χ3v) is 7.51. The molecule has 1 atom stereocenters. The molecule has 1 unspecified atom stereocenters. The highest BCUT2D eigenvalue weighted by Crippen LogP contribution is 2.31. The maximum Gasteiger partial charge on any atom is 0.246 e. The molecule has 168 valence electrons. The number of aryl methyl sites for hydroxylation is 1. The molecular weight excluding hydrogens is 416 g/mol. The molecule has 1 amide bonds. The minimum atomic E-state index is -3.76. The van der Waals surface area contributed by atoms with Gasteiger partial charge in [-0.25, -0.2) is 8.42 Å². The first-order valence-corrected chi connectivity index (χ1v) is 11.7. The number of carbonyl (C=O) groups excluding carboxylic acids is 1. The zero-order valence-corrected chi connectivity index (χ0v) is 19.3. The van der Waals surface area contributed by atoms with Gasteiger partial charge >= 0.3 is 0 Å². The lowest BCUT2D eigenvalue weighted by atomic mass is 9.98. The molecule has 1 saturated heterocycles. The van der Waals surface area contributed by atoms with Gasteiger partial charge in [0.1, 0.15) is 16.4 Å². The number of carbonyl (C=O) groups is 1. The number of rotatable bonds is 7. The van der Waals surface area contributed by atoms with Crippen LogP contribution in [0.1, 0.15) is 24.0 Å². The summed E-state index contributed by atoms with van der Waals surface area (Å²) in [7, 11) is 1.06. The second kappa shape index (κ2) is 9.70. The normalized spacial score (nSPS) is 17.2. The van der Waals surface area contributed by atoms with Crippen LogP contribution in [0.15, 0.2) is 47.4 Å². The van der Waals surface area contributed by atoms with E-state index in [-0.39, 0.29) is 23.3 Å². The first-order chi connectivity index (χ1) is 14.8. The summed E-state index contributed by atoms with van der Waals surface area (Å²) in [6, 6.07) is 12.7. The average Bonchev–Trinajstić information content (AvgIpc) is 2.79. The molecular formula is C23H30N2O5S. The summed E-state index contributed by atoms with van der Waals surface area (Å²) in [4.78, 5) is 14.9. The molecule has 2 aromatic carbocycles. The summed E-state index contributed by atoms with van der Waals surface area (Å²) in [5.41, 5.74) is 1.82. The largest absolute Gasteiger partial charge is 0.497 e. The molecule has 0 bridgehead atoms. The fourth-order valence-electron chi connectivity index (χ4n) is 3.88. The Morgan fingerprint density at radius 1 is 1.13 bits per heavy atom. The Bertz CT molecular complexity index is 1020. The van der Waals surface area contributed by atoms with Crippen molar-refractivity contribution in [3.63, 3.8) is 0 Å². The quantitative estimate of drug-likeness (QED) is 0.653. The minimum Gasteiger partial charge on any atom is -0.497 e. The van der Waals surface area contributed by atoms with E-state index in [0.29, 0.717) is 31.7 Å². The predicted octanol–water partition coefficient (Wildman–Crippen LogP) is 3.07. The van der Waals surface area contributed by atoms with Crippen molar-refractivity contribution < 1.29 is 22.7 Å². The zero-order valence-electron chi connectivity index (χ0n) is 18.5. The highest BCUT2D eigenvalue weighted by Gasteiger charge is 2.35. The molecule has 0 saturated carbocycles. The summed E-state index contributed by atoms with van der Waals surface area (Å²) in [5, 5.41) is 0. The standard InChI is InChI=1S/C23H30N2O5S/c1-17-7-12-21(30-4)22(14-17)31(27,28)25-13-5-6-19(16-25)23(26)24(2)15-18-8-10-20(29-3)11-9-18/h7-12,14,19H,5-6,13,15-16H2,1-4H3. The third kappa shape index (κ3) is 5.19. The molecule has 0 radical (unpaired) electrons. The van der Waals surface area contributed by atoms with Crippen molar-refractivity contribution in [1.29, 1.82) is 0 Å². The van der Waals surface area contributed by atoms with Crippen LogP contribution in [0.3, 0.4) is 0 Å². The van der Waals surface area contributed by atoms with Gasteiger partial charge in [-0.2, -0.15) is 4.31 Å². The highest BCUT2D eigenvalue weighted by molar-refractivity contribution is 7.89. The SMILES string of the molecule is COc1ccc(CN(C)C(=O)C2CCCN(S(=O)(=O)c3cc(C)ccc3OC)C2)cc1. The van der Waals surface area contributed by atoms with E-state index in [0.717, 1.165) is 16.9 Å². The molecule has 2 aromatic rings.